The predicted octanol–water partition coefficient (Wildman–Crippen LogP) is 4.64. The smallest absolute Gasteiger partial charge is 0.310 e. The molecule has 0 saturated heterocycles. The Labute approximate surface area is 260 Å². The minimum absolute atomic E-state index is 0.0206. The standard InChI is InChI=1S/C34H48N4O6/c1-20-21(2)37(29-17-34(4,5)18-30(40)32(20)29)24-11-14-27(33(35)42)28(15-24)36-23-9-12-25(13-10-23)44-31(41)16-26(43-22(3)39)19-38(6,7)8/h11,14-15,23,25-26H,9-10,12-13,16-19H2,1-8H3,(H2-,35,36,42)/p+1. The monoisotopic (exact) mass is 609 g/mol. The summed E-state index contributed by atoms with van der Waals surface area (Å²) in [6.07, 6.45) is 3.39. The SMILES string of the molecule is CC(=O)OC(CC(=O)OC1CCC(Nc2cc(-n3c(C)c(C)c4c3CC(C)(C)CC4=O)ccc2C(N)=O)CC1)C[N+](C)(C)C. The maximum atomic E-state index is 13.1. The van der Waals surface area contributed by atoms with Crippen LogP contribution in [0.5, 0.6) is 0 Å². The lowest BCUT2D eigenvalue weighted by molar-refractivity contribution is -0.873. The summed E-state index contributed by atoms with van der Waals surface area (Å²) in [5, 5.41) is 3.54. The molecule has 0 radical (unpaired) electrons. The summed E-state index contributed by atoms with van der Waals surface area (Å²) in [5.74, 6) is -1.12. The second kappa shape index (κ2) is 12.8. The van der Waals surface area contributed by atoms with Crippen molar-refractivity contribution in [3.05, 3.63) is 46.3 Å². The number of ketones is 1. The number of esters is 2. The summed E-state index contributed by atoms with van der Waals surface area (Å²) < 4.78 is 13.9. The van der Waals surface area contributed by atoms with Crippen molar-refractivity contribution >= 4 is 29.3 Å². The summed E-state index contributed by atoms with van der Waals surface area (Å²) in [7, 11) is 5.93. The number of aromatic nitrogens is 1. The van der Waals surface area contributed by atoms with Crippen molar-refractivity contribution in [2.45, 2.75) is 97.8 Å². The van der Waals surface area contributed by atoms with Gasteiger partial charge in [-0.3, -0.25) is 19.2 Å². The Morgan fingerprint density at radius 2 is 1.75 bits per heavy atom. The molecule has 4 rings (SSSR count). The number of nitrogens with two attached hydrogens (primary N) is 1. The number of ether oxygens (including phenoxy) is 2. The molecule has 0 aliphatic heterocycles. The number of amides is 1. The van der Waals surface area contributed by atoms with E-state index in [0.29, 0.717) is 41.5 Å². The van der Waals surface area contributed by atoms with Crippen LogP contribution < -0.4 is 11.1 Å². The van der Waals surface area contributed by atoms with E-state index < -0.39 is 18.0 Å². The van der Waals surface area contributed by atoms with Crippen LogP contribution in [-0.2, 0) is 25.5 Å². The van der Waals surface area contributed by atoms with Crippen LogP contribution in [0.3, 0.4) is 0 Å². The van der Waals surface area contributed by atoms with Gasteiger partial charge in [0.25, 0.3) is 5.91 Å². The average Bonchev–Trinajstić information content (AvgIpc) is 3.12. The number of benzene rings is 1. The molecule has 44 heavy (non-hydrogen) atoms. The number of rotatable bonds is 10. The zero-order chi connectivity index (χ0) is 32.6. The molecule has 2 aliphatic rings. The van der Waals surface area contributed by atoms with Crippen LogP contribution in [0.1, 0.15) is 97.0 Å². The van der Waals surface area contributed by atoms with E-state index in [2.05, 4.69) is 23.7 Å². The quantitative estimate of drug-likeness (QED) is 0.297. The normalized spacial score (nSPS) is 20.4. The number of nitrogens with one attached hydrogen (secondary N) is 1. The number of quaternary nitrogens is 1. The van der Waals surface area contributed by atoms with Gasteiger partial charge in [-0.15, -0.1) is 0 Å². The molecule has 0 bridgehead atoms. The predicted molar refractivity (Wildman–Crippen MR) is 169 cm³/mol. The fourth-order valence-electron chi connectivity index (χ4n) is 6.76. The van der Waals surface area contributed by atoms with E-state index >= 15 is 0 Å². The van der Waals surface area contributed by atoms with Crippen molar-refractivity contribution in [2.24, 2.45) is 11.1 Å². The second-order valence-electron chi connectivity index (χ2n) is 14.4. The van der Waals surface area contributed by atoms with Crippen molar-refractivity contribution in [3.8, 4) is 5.69 Å². The van der Waals surface area contributed by atoms with Crippen LogP contribution in [0, 0.1) is 19.3 Å². The lowest BCUT2D eigenvalue weighted by Crippen LogP contribution is -2.44. The number of hydrogen-bond donors (Lipinski definition) is 2. The summed E-state index contributed by atoms with van der Waals surface area (Å²) in [5.41, 5.74) is 11.4. The fourth-order valence-corrected chi connectivity index (χ4v) is 6.76. The first-order valence-electron chi connectivity index (χ1n) is 15.6. The van der Waals surface area contributed by atoms with Gasteiger partial charge in [-0.25, -0.2) is 0 Å². The number of Topliss-reactive ketones (excluding diaryl/α,β-unsaturated/α-hetero) is 1. The molecule has 240 valence electrons. The van der Waals surface area contributed by atoms with E-state index in [0.717, 1.165) is 47.5 Å². The molecule has 1 fully saturated rings. The number of anilines is 1. The number of primary amides is 1. The molecule has 10 heteroatoms. The van der Waals surface area contributed by atoms with Crippen molar-refractivity contribution in [3.63, 3.8) is 0 Å². The van der Waals surface area contributed by atoms with E-state index in [1.807, 2.05) is 47.1 Å². The van der Waals surface area contributed by atoms with E-state index in [4.69, 9.17) is 15.2 Å². The van der Waals surface area contributed by atoms with Gasteiger partial charge in [0.15, 0.2) is 11.9 Å². The molecule has 0 spiro atoms. The number of hydrogen-bond acceptors (Lipinski definition) is 7. The number of fused-ring (bicyclic) bond motifs is 1. The van der Waals surface area contributed by atoms with Crippen molar-refractivity contribution in [1.82, 2.24) is 4.57 Å². The van der Waals surface area contributed by atoms with Gasteiger partial charge in [0.05, 0.1) is 33.1 Å². The topological polar surface area (TPSA) is 130 Å². The number of likely N-dealkylation sites (N-methyl/N-ethyl adjacent to an activating group) is 1. The van der Waals surface area contributed by atoms with E-state index in [-0.39, 0.29) is 35.7 Å². The summed E-state index contributed by atoms with van der Waals surface area (Å²) in [6.45, 7) is 10.1. The highest BCUT2D eigenvalue weighted by Gasteiger charge is 2.36. The summed E-state index contributed by atoms with van der Waals surface area (Å²) in [6, 6.07) is 5.66. The molecule has 1 atom stereocenters. The van der Waals surface area contributed by atoms with E-state index in [1.54, 1.807) is 6.07 Å². The first-order chi connectivity index (χ1) is 20.4. The molecule has 2 aromatic rings. The zero-order valence-electron chi connectivity index (χ0n) is 27.5. The maximum Gasteiger partial charge on any atom is 0.310 e. The molecule has 1 aromatic carbocycles. The van der Waals surface area contributed by atoms with Gasteiger partial charge in [0.2, 0.25) is 0 Å². The van der Waals surface area contributed by atoms with Gasteiger partial charge >= 0.3 is 11.9 Å². The van der Waals surface area contributed by atoms with Gasteiger partial charge in [-0.05, 0) is 75.1 Å². The Balaban J connectivity index is 1.46. The van der Waals surface area contributed by atoms with Crippen LogP contribution in [-0.4, -0.2) is 78.6 Å². The third-order valence-electron chi connectivity index (χ3n) is 8.71. The minimum Gasteiger partial charge on any atom is -0.462 e. The lowest BCUT2D eigenvalue weighted by Gasteiger charge is -2.31. The molecular formula is C34H49N4O6+. The van der Waals surface area contributed by atoms with Gasteiger partial charge in [0, 0.05) is 47.7 Å². The third-order valence-corrected chi connectivity index (χ3v) is 8.71. The molecule has 1 heterocycles. The van der Waals surface area contributed by atoms with Crippen LogP contribution in [0.25, 0.3) is 5.69 Å². The number of carbonyl (C=O) groups is 4. The Bertz CT molecular complexity index is 1440. The first-order valence-corrected chi connectivity index (χ1v) is 15.6. The van der Waals surface area contributed by atoms with E-state index in [9.17, 15) is 19.2 Å². The van der Waals surface area contributed by atoms with Crippen LogP contribution in [0.4, 0.5) is 5.69 Å². The van der Waals surface area contributed by atoms with Gasteiger partial charge in [0.1, 0.15) is 12.6 Å². The Kier molecular flexibility index (Phi) is 9.63. The van der Waals surface area contributed by atoms with Gasteiger partial charge in [-0.1, -0.05) is 13.8 Å². The highest BCUT2D eigenvalue weighted by molar-refractivity contribution is 6.01. The molecular weight excluding hydrogens is 560 g/mol. The van der Waals surface area contributed by atoms with Crippen LogP contribution in [0.2, 0.25) is 0 Å². The Morgan fingerprint density at radius 1 is 1.09 bits per heavy atom. The zero-order valence-corrected chi connectivity index (χ0v) is 27.5. The van der Waals surface area contributed by atoms with Crippen molar-refractivity contribution in [2.75, 3.05) is 33.0 Å². The van der Waals surface area contributed by atoms with E-state index in [1.165, 1.54) is 6.92 Å². The average molecular weight is 610 g/mol. The molecule has 1 amide bonds. The summed E-state index contributed by atoms with van der Waals surface area (Å²) >= 11 is 0. The lowest BCUT2D eigenvalue weighted by atomic mass is 9.75. The maximum absolute atomic E-state index is 13.1. The highest BCUT2D eigenvalue weighted by Crippen LogP contribution is 2.40. The molecule has 1 unspecified atom stereocenters. The molecule has 1 saturated carbocycles. The van der Waals surface area contributed by atoms with Crippen LogP contribution in [0.15, 0.2) is 18.2 Å². The molecule has 2 aliphatic carbocycles. The van der Waals surface area contributed by atoms with Crippen molar-refractivity contribution < 1.29 is 33.1 Å². The van der Waals surface area contributed by atoms with Crippen LogP contribution >= 0.6 is 0 Å². The molecule has 10 nitrogen and oxygen atoms in total. The second-order valence-corrected chi connectivity index (χ2v) is 14.4. The van der Waals surface area contributed by atoms with Gasteiger partial charge < -0.3 is 29.6 Å². The number of nitrogens with zero attached hydrogens (tertiary/aromatic N) is 2. The Hall–Kier alpha value is -3.66. The first kappa shape index (κ1) is 33.2. The molecule has 1 aromatic heterocycles. The largest absolute Gasteiger partial charge is 0.462 e. The third kappa shape index (κ3) is 7.88. The summed E-state index contributed by atoms with van der Waals surface area (Å²) in [4.78, 5) is 49.8. The van der Waals surface area contributed by atoms with Gasteiger partial charge in [-0.2, -0.15) is 0 Å². The fraction of sp³-hybridized carbons (Fsp3) is 0.588. The van der Waals surface area contributed by atoms with Crippen molar-refractivity contribution in [1.29, 1.82) is 0 Å². The minimum atomic E-state index is -0.542. The Morgan fingerprint density at radius 3 is 2.34 bits per heavy atom. The number of carbonyl (C=O) groups excluding carboxylic acids is 4. The highest BCUT2D eigenvalue weighted by atomic mass is 16.6. The molecule has 3 N–H and O–H groups in total.